The van der Waals surface area contributed by atoms with Crippen molar-refractivity contribution in [1.29, 1.82) is 0 Å². The number of rotatable bonds is 9. The van der Waals surface area contributed by atoms with E-state index >= 15 is 0 Å². The highest BCUT2D eigenvalue weighted by molar-refractivity contribution is 6.09. The van der Waals surface area contributed by atoms with Gasteiger partial charge in [0.05, 0.1) is 11.1 Å². The minimum atomic E-state index is -0.986. The second-order valence-corrected chi connectivity index (χ2v) is 12.5. The van der Waals surface area contributed by atoms with E-state index in [-0.39, 0.29) is 57.4 Å². The Labute approximate surface area is 278 Å². The van der Waals surface area contributed by atoms with Crippen molar-refractivity contribution in [2.75, 3.05) is 0 Å². The first-order chi connectivity index (χ1) is 22.8. The summed E-state index contributed by atoms with van der Waals surface area (Å²) < 4.78 is 0. The lowest BCUT2D eigenvalue weighted by molar-refractivity contribution is 0.0877. The third-order valence-corrected chi connectivity index (χ3v) is 8.80. The Kier molecular flexibility index (Phi) is 9.75. The lowest BCUT2D eigenvalue weighted by Crippen LogP contribution is -2.31. The fraction of sp³-hybridized carbons (Fsp3) is 0.200. The molecule has 0 amide bonds. The van der Waals surface area contributed by atoms with E-state index < -0.39 is 35.1 Å². The van der Waals surface area contributed by atoms with Crippen molar-refractivity contribution in [2.45, 2.75) is 45.4 Å². The van der Waals surface area contributed by atoms with Crippen molar-refractivity contribution in [3.8, 4) is 34.5 Å². The summed E-state index contributed by atoms with van der Waals surface area (Å²) in [6.45, 7) is 5.64. The van der Waals surface area contributed by atoms with Gasteiger partial charge in [-0.2, -0.15) is 0 Å². The van der Waals surface area contributed by atoms with Gasteiger partial charge in [0.1, 0.15) is 34.5 Å². The van der Waals surface area contributed by atoms with Crippen molar-refractivity contribution in [1.82, 2.24) is 0 Å². The molecule has 1 aliphatic rings. The maximum absolute atomic E-state index is 14.7. The molecule has 48 heavy (non-hydrogen) atoms. The van der Waals surface area contributed by atoms with E-state index in [2.05, 4.69) is 0 Å². The quantitative estimate of drug-likeness (QED) is 0.0606. The van der Waals surface area contributed by atoms with E-state index in [1.165, 1.54) is 60.7 Å². The fourth-order valence-electron chi connectivity index (χ4n) is 6.34. The van der Waals surface area contributed by atoms with Crippen LogP contribution in [0.1, 0.15) is 82.0 Å². The van der Waals surface area contributed by atoms with Crippen LogP contribution >= 0.6 is 0 Å². The molecule has 0 fully saturated rings. The zero-order chi connectivity index (χ0) is 34.7. The standard InChI is InChI=1S/C40H38O8/c1-22(2)4-14-28-34(44)18-16-30(38(28)46)40(48)36-31(25-8-12-27(42)13-9-25)20-23(3)21-32(36)37-35(45)19-15-29(39(37)47)33(43)17-7-24-5-10-26(41)11-6-24/h4-13,15-19,21,31-32,36,41-42,44-47H,14,20H2,1-3H3/t31-,32+,36-/m0/s1. The first-order valence-corrected chi connectivity index (χ1v) is 15.6. The number of phenols is 6. The summed E-state index contributed by atoms with van der Waals surface area (Å²) in [6, 6.07) is 18.0. The van der Waals surface area contributed by atoms with Gasteiger partial charge in [0.15, 0.2) is 11.6 Å². The molecule has 6 N–H and O–H groups in total. The molecule has 4 aromatic rings. The average Bonchev–Trinajstić information content (AvgIpc) is 3.04. The second-order valence-electron chi connectivity index (χ2n) is 12.5. The van der Waals surface area contributed by atoms with Gasteiger partial charge in [-0.3, -0.25) is 9.59 Å². The highest BCUT2D eigenvalue weighted by Gasteiger charge is 2.43. The van der Waals surface area contributed by atoms with Crippen LogP contribution in [-0.2, 0) is 6.42 Å². The summed E-state index contributed by atoms with van der Waals surface area (Å²) >= 11 is 0. The van der Waals surface area contributed by atoms with Crippen LogP contribution in [0.4, 0.5) is 0 Å². The number of hydrogen-bond acceptors (Lipinski definition) is 8. The molecule has 0 spiro atoms. The van der Waals surface area contributed by atoms with Crippen LogP contribution in [0, 0.1) is 5.92 Å². The largest absolute Gasteiger partial charge is 0.508 e. The minimum Gasteiger partial charge on any atom is -0.508 e. The van der Waals surface area contributed by atoms with Crippen molar-refractivity contribution >= 4 is 17.6 Å². The van der Waals surface area contributed by atoms with E-state index in [1.807, 2.05) is 26.8 Å². The van der Waals surface area contributed by atoms with Crippen molar-refractivity contribution in [2.24, 2.45) is 5.92 Å². The molecule has 5 rings (SSSR count). The molecule has 1 aliphatic carbocycles. The van der Waals surface area contributed by atoms with Crippen LogP contribution in [0.5, 0.6) is 34.5 Å². The number of Topliss-reactive ketones (excluding diaryl/α,β-unsaturated/α-hetero) is 1. The molecule has 0 radical (unpaired) electrons. The molecule has 0 aromatic heterocycles. The summed E-state index contributed by atoms with van der Waals surface area (Å²) in [5.41, 5.74) is 3.26. The monoisotopic (exact) mass is 646 g/mol. The van der Waals surface area contributed by atoms with Gasteiger partial charge in [0, 0.05) is 23.0 Å². The van der Waals surface area contributed by atoms with E-state index in [0.717, 1.165) is 16.7 Å². The third kappa shape index (κ3) is 6.98. The van der Waals surface area contributed by atoms with Gasteiger partial charge in [-0.1, -0.05) is 53.6 Å². The highest BCUT2D eigenvalue weighted by Crippen LogP contribution is 2.52. The highest BCUT2D eigenvalue weighted by atomic mass is 16.3. The minimum absolute atomic E-state index is 0.0110. The number of ketones is 2. The summed E-state index contributed by atoms with van der Waals surface area (Å²) in [5.74, 6) is -4.66. The molecular weight excluding hydrogens is 608 g/mol. The molecule has 0 unspecified atom stereocenters. The van der Waals surface area contributed by atoms with Crippen molar-refractivity contribution in [3.05, 3.63) is 136 Å². The zero-order valence-electron chi connectivity index (χ0n) is 26.9. The molecule has 0 saturated carbocycles. The number of benzene rings is 4. The van der Waals surface area contributed by atoms with E-state index in [0.29, 0.717) is 12.0 Å². The predicted molar refractivity (Wildman–Crippen MR) is 184 cm³/mol. The van der Waals surface area contributed by atoms with Crippen LogP contribution in [-0.4, -0.2) is 42.2 Å². The molecule has 8 nitrogen and oxygen atoms in total. The number of phenolic OH excluding ortho intramolecular Hbond substituents is 6. The number of aromatic hydroxyl groups is 6. The predicted octanol–water partition coefficient (Wildman–Crippen LogP) is 8.04. The lowest BCUT2D eigenvalue weighted by Gasteiger charge is -2.37. The molecule has 0 saturated heterocycles. The van der Waals surface area contributed by atoms with Gasteiger partial charge in [-0.15, -0.1) is 0 Å². The summed E-state index contributed by atoms with van der Waals surface area (Å²) in [4.78, 5) is 28.0. The first-order valence-electron chi connectivity index (χ1n) is 15.6. The Morgan fingerprint density at radius 2 is 1.35 bits per heavy atom. The van der Waals surface area contributed by atoms with Crippen LogP contribution in [0.15, 0.2) is 102 Å². The van der Waals surface area contributed by atoms with Crippen molar-refractivity contribution in [3.63, 3.8) is 0 Å². The Morgan fingerprint density at radius 3 is 2.00 bits per heavy atom. The molecule has 0 bridgehead atoms. The van der Waals surface area contributed by atoms with Gasteiger partial charge in [-0.05, 0) is 105 Å². The van der Waals surface area contributed by atoms with Crippen LogP contribution in [0.3, 0.4) is 0 Å². The molecule has 246 valence electrons. The third-order valence-electron chi connectivity index (χ3n) is 8.80. The van der Waals surface area contributed by atoms with Crippen LogP contribution in [0.2, 0.25) is 0 Å². The summed E-state index contributed by atoms with van der Waals surface area (Å²) in [7, 11) is 0. The lowest BCUT2D eigenvalue weighted by atomic mass is 9.65. The Morgan fingerprint density at radius 1 is 0.750 bits per heavy atom. The smallest absolute Gasteiger partial charge is 0.189 e. The number of allylic oxidation sites excluding steroid dienone is 5. The van der Waals surface area contributed by atoms with E-state index in [9.17, 15) is 40.2 Å². The fourth-order valence-corrected chi connectivity index (χ4v) is 6.34. The van der Waals surface area contributed by atoms with E-state index in [4.69, 9.17) is 0 Å². The van der Waals surface area contributed by atoms with Crippen molar-refractivity contribution < 1.29 is 40.2 Å². The van der Waals surface area contributed by atoms with Gasteiger partial charge in [0.25, 0.3) is 0 Å². The molecule has 3 atom stereocenters. The van der Waals surface area contributed by atoms with Gasteiger partial charge >= 0.3 is 0 Å². The maximum atomic E-state index is 14.7. The summed E-state index contributed by atoms with van der Waals surface area (Å²) in [6.07, 6.45) is 7.04. The Bertz CT molecular complexity index is 1940. The van der Waals surface area contributed by atoms with Crippen LogP contribution < -0.4 is 0 Å². The normalized spacial score (nSPS) is 17.6. The number of hydrogen-bond donors (Lipinski definition) is 6. The molecule has 0 heterocycles. The average molecular weight is 647 g/mol. The molecule has 0 aliphatic heterocycles. The molecular formula is C40H38O8. The number of carbonyl (C=O) groups is 2. The first kappa shape index (κ1) is 33.6. The van der Waals surface area contributed by atoms with Gasteiger partial charge in [0.2, 0.25) is 0 Å². The number of carbonyl (C=O) groups excluding carboxylic acids is 2. The van der Waals surface area contributed by atoms with Gasteiger partial charge in [-0.25, -0.2) is 0 Å². The zero-order valence-corrected chi connectivity index (χ0v) is 26.9. The van der Waals surface area contributed by atoms with Gasteiger partial charge < -0.3 is 30.6 Å². The Hall–Kier alpha value is -5.76. The Balaban J connectivity index is 1.65. The molecule has 4 aromatic carbocycles. The molecule has 8 heteroatoms. The SMILES string of the molecule is CC(C)=CCc1c(O)ccc(C(=O)[C@@H]2[C@H](c3c(O)ccc(C(=O)C=Cc4ccc(O)cc4)c3O)C=C(C)C[C@H]2c2ccc(O)cc2)c1O. The second kappa shape index (κ2) is 13.9. The topological polar surface area (TPSA) is 156 Å². The summed E-state index contributed by atoms with van der Waals surface area (Å²) in [5, 5.41) is 64.3. The van der Waals surface area contributed by atoms with Crippen LogP contribution in [0.25, 0.3) is 6.08 Å². The maximum Gasteiger partial charge on any atom is 0.189 e. The van der Waals surface area contributed by atoms with E-state index in [1.54, 1.807) is 30.3 Å².